The summed E-state index contributed by atoms with van der Waals surface area (Å²) in [7, 11) is 0. The zero-order valence-electron chi connectivity index (χ0n) is 11.9. The molecule has 1 fully saturated rings. The molecule has 2 aromatic rings. The standard InChI is InChI=1S/C18H17NO2/c1-13(20)14-7-9-16(10-8-14)19-17(21)18(11-12-18)15-5-3-2-4-6-15/h2-10H,11-12H2,1H3,(H,19,21). The van der Waals surface area contributed by atoms with Crippen LogP contribution in [0.25, 0.3) is 0 Å². The van der Waals surface area contributed by atoms with Crippen LogP contribution in [0.5, 0.6) is 0 Å². The van der Waals surface area contributed by atoms with Gasteiger partial charge >= 0.3 is 0 Å². The number of carbonyl (C=O) groups is 2. The lowest BCUT2D eigenvalue weighted by Gasteiger charge is -2.15. The van der Waals surface area contributed by atoms with E-state index in [1.807, 2.05) is 30.3 Å². The summed E-state index contributed by atoms with van der Waals surface area (Å²) in [5.41, 5.74) is 2.08. The molecule has 0 aliphatic heterocycles. The Labute approximate surface area is 124 Å². The van der Waals surface area contributed by atoms with Crippen molar-refractivity contribution in [2.24, 2.45) is 0 Å². The molecule has 1 saturated carbocycles. The third-order valence-electron chi connectivity index (χ3n) is 4.06. The van der Waals surface area contributed by atoms with Crippen molar-refractivity contribution < 1.29 is 9.59 Å². The summed E-state index contributed by atoms with van der Waals surface area (Å²) >= 11 is 0. The molecule has 21 heavy (non-hydrogen) atoms. The van der Waals surface area contributed by atoms with Crippen LogP contribution >= 0.6 is 0 Å². The Bertz CT molecular complexity index is 670. The van der Waals surface area contributed by atoms with Crippen LogP contribution in [0.3, 0.4) is 0 Å². The van der Waals surface area contributed by atoms with E-state index in [0.29, 0.717) is 5.56 Å². The summed E-state index contributed by atoms with van der Waals surface area (Å²) in [6, 6.07) is 16.9. The van der Waals surface area contributed by atoms with Gasteiger partial charge in [0.05, 0.1) is 5.41 Å². The highest BCUT2D eigenvalue weighted by atomic mass is 16.2. The Morgan fingerprint density at radius 1 is 0.952 bits per heavy atom. The Morgan fingerprint density at radius 2 is 1.57 bits per heavy atom. The smallest absolute Gasteiger partial charge is 0.235 e. The van der Waals surface area contributed by atoms with E-state index in [9.17, 15) is 9.59 Å². The quantitative estimate of drug-likeness (QED) is 0.870. The average Bonchev–Trinajstić information content (AvgIpc) is 3.30. The number of nitrogens with one attached hydrogen (secondary N) is 1. The van der Waals surface area contributed by atoms with Gasteiger partial charge in [-0.3, -0.25) is 9.59 Å². The van der Waals surface area contributed by atoms with Crippen molar-refractivity contribution in [3.8, 4) is 0 Å². The number of amides is 1. The third kappa shape index (κ3) is 2.59. The lowest BCUT2D eigenvalue weighted by atomic mass is 9.95. The number of benzene rings is 2. The Kier molecular flexibility index (Phi) is 3.34. The fourth-order valence-corrected chi connectivity index (χ4v) is 2.57. The van der Waals surface area contributed by atoms with E-state index >= 15 is 0 Å². The van der Waals surface area contributed by atoms with E-state index in [2.05, 4.69) is 5.32 Å². The van der Waals surface area contributed by atoms with Crippen LogP contribution in [0.15, 0.2) is 54.6 Å². The molecule has 0 heterocycles. The third-order valence-corrected chi connectivity index (χ3v) is 4.06. The summed E-state index contributed by atoms with van der Waals surface area (Å²) in [4.78, 5) is 23.8. The molecule has 3 rings (SSSR count). The van der Waals surface area contributed by atoms with Crippen molar-refractivity contribution in [1.29, 1.82) is 0 Å². The van der Waals surface area contributed by atoms with Gasteiger partial charge in [-0.2, -0.15) is 0 Å². The van der Waals surface area contributed by atoms with Crippen LogP contribution in [0.4, 0.5) is 5.69 Å². The number of carbonyl (C=O) groups excluding carboxylic acids is 2. The maximum Gasteiger partial charge on any atom is 0.235 e. The van der Waals surface area contributed by atoms with Gasteiger partial charge in [-0.25, -0.2) is 0 Å². The van der Waals surface area contributed by atoms with Gasteiger partial charge in [0.2, 0.25) is 5.91 Å². The first kappa shape index (κ1) is 13.6. The lowest BCUT2D eigenvalue weighted by molar-refractivity contribution is -0.118. The molecule has 1 aliphatic rings. The molecule has 0 spiro atoms. The zero-order valence-corrected chi connectivity index (χ0v) is 11.9. The molecule has 0 radical (unpaired) electrons. The van der Waals surface area contributed by atoms with Crippen LogP contribution in [-0.2, 0) is 10.2 Å². The molecule has 1 N–H and O–H groups in total. The lowest BCUT2D eigenvalue weighted by Crippen LogP contribution is -2.27. The van der Waals surface area contributed by atoms with E-state index in [1.54, 1.807) is 24.3 Å². The second-order valence-corrected chi connectivity index (χ2v) is 5.54. The molecule has 0 bridgehead atoms. The number of hydrogen-bond donors (Lipinski definition) is 1. The van der Waals surface area contributed by atoms with Crippen molar-refractivity contribution >= 4 is 17.4 Å². The summed E-state index contributed by atoms with van der Waals surface area (Å²) in [6.45, 7) is 1.53. The average molecular weight is 279 g/mol. The second kappa shape index (κ2) is 5.17. The summed E-state index contributed by atoms with van der Waals surface area (Å²) in [6.07, 6.45) is 1.77. The monoisotopic (exact) mass is 279 g/mol. The normalized spacial score (nSPS) is 15.3. The zero-order chi connectivity index (χ0) is 14.9. The van der Waals surface area contributed by atoms with Crippen molar-refractivity contribution in [2.75, 3.05) is 5.32 Å². The first-order chi connectivity index (χ1) is 10.1. The fraction of sp³-hybridized carbons (Fsp3) is 0.222. The number of rotatable bonds is 4. The van der Waals surface area contributed by atoms with Gasteiger partial charge in [0.1, 0.15) is 0 Å². The van der Waals surface area contributed by atoms with Crippen LogP contribution in [0, 0.1) is 0 Å². The van der Waals surface area contributed by atoms with Crippen molar-refractivity contribution in [3.05, 3.63) is 65.7 Å². The highest BCUT2D eigenvalue weighted by Crippen LogP contribution is 2.48. The molecular formula is C18H17NO2. The topological polar surface area (TPSA) is 46.2 Å². The summed E-state index contributed by atoms with van der Waals surface area (Å²) in [5, 5.41) is 2.96. The molecule has 0 saturated heterocycles. The molecule has 2 aromatic carbocycles. The highest BCUT2D eigenvalue weighted by molar-refractivity contribution is 6.02. The maximum atomic E-state index is 12.5. The largest absolute Gasteiger partial charge is 0.325 e. The first-order valence-corrected chi connectivity index (χ1v) is 7.10. The first-order valence-electron chi connectivity index (χ1n) is 7.10. The van der Waals surface area contributed by atoms with E-state index in [-0.39, 0.29) is 17.1 Å². The minimum Gasteiger partial charge on any atom is -0.325 e. The molecule has 0 atom stereocenters. The molecule has 1 amide bonds. The second-order valence-electron chi connectivity index (χ2n) is 5.54. The molecular weight excluding hydrogens is 262 g/mol. The summed E-state index contributed by atoms with van der Waals surface area (Å²) in [5.74, 6) is 0.0556. The van der Waals surface area contributed by atoms with Crippen molar-refractivity contribution in [1.82, 2.24) is 0 Å². The van der Waals surface area contributed by atoms with Crippen molar-refractivity contribution in [3.63, 3.8) is 0 Å². The fourth-order valence-electron chi connectivity index (χ4n) is 2.57. The van der Waals surface area contributed by atoms with Gasteiger partial charge < -0.3 is 5.32 Å². The minimum absolute atomic E-state index is 0.0239. The van der Waals surface area contributed by atoms with Gasteiger partial charge in [-0.05, 0) is 49.6 Å². The molecule has 1 aliphatic carbocycles. The molecule has 3 heteroatoms. The summed E-state index contributed by atoms with van der Waals surface area (Å²) < 4.78 is 0. The van der Waals surface area contributed by atoms with E-state index in [1.165, 1.54) is 6.92 Å². The number of Topliss-reactive ketones (excluding diaryl/α,β-unsaturated/α-hetero) is 1. The number of hydrogen-bond acceptors (Lipinski definition) is 2. The predicted molar refractivity (Wildman–Crippen MR) is 82.4 cm³/mol. The van der Waals surface area contributed by atoms with Gasteiger partial charge in [-0.1, -0.05) is 30.3 Å². The highest BCUT2D eigenvalue weighted by Gasteiger charge is 2.51. The maximum absolute atomic E-state index is 12.5. The number of anilines is 1. The van der Waals surface area contributed by atoms with Crippen molar-refractivity contribution in [2.45, 2.75) is 25.2 Å². The van der Waals surface area contributed by atoms with Gasteiger partial charge in [-0.15, -0.1) is 0 Å². The SMILES string of the molecule is CC(=O)c1ccc(NC(=O)C2(c3ccccc3)CC2)cc1. The Balaban J connectivity index is 1.76. The molecule has 0 unspecified atom stereocenters. The molecule has 106 valence electrons. The molecule has 0 aromatic heterocycles. The van der Waals surface area contributed by atoms with Gasteiger partial charge in [0, 0.05) is 11.3 Å². The van der Waals surface area contributed by atoms with Crippen LogP contribution in [-0.4, -0.2) is 11.7 Å². The molecule has 3 nitrogen and oxygen atoms in total. The van der Waals surface area contributed by atoms with Crippen LogP contribution in [0.1, 0.15) is 35.7 Å². The predicted octanol–water partition coefficient (Wildman–Crippen LogP) is 3.56. The van der Waals surface area contributed by atoms with E-state index < -0.39 is 0 Å². The minimum atomic E-state index is -0.374. The van der Waals surface area contributed by atoms with E-state index in [0.717, 1.165) is 24.1 Å². The van der Waals surface area contributed by atoms with Gasteiger partial charge in [0.15, 0.2) is 5.78 Å². The Hall–Kier alpha value is -2.42. The van der Waals surface area contributed by atoms with Gasteiger partial charge in [0.25, 0.3) is 0 Å². The van der Waals surface area contributed by atoms with Crippen LogP contribution in [0.2, 0.25) is 0 Å². The van der Waals surface area contributed by atoms with Crippen LogP contribution < -0.4 is 5.32 Å². The Morgan fingerprint density at radius 3 is 2.10 bits per heavy atom. The van der Waals surface area contributed by atoms with E-state index in [4.69, 9.17) is 0 Å². The number of ketones is 1.